The Morgan fingerprint density at radius 2 is 1.88 bits per heavy atom. The summed E-state index contributed by atoms with van der Waals surface area (Å²) in [4.78, 5) is 2.91. The van der Waals surface area contributed by atoms with Gasteiger partial charge in [0.2, 0.25) is 0 Å². The average molecular weight is 369 g/mol. The molecule has 1 nitrogen and oxygen atoms in total. The molecule has 0 radical (unpaired) electrons. The molecule has 0 aliphatic carbocycles. The summed E-state index contributed by atoms with van der Waals surface area (Å²) in [7, 11) is 0. The number of rotatable bonds is 2. The van der Waals surface area contributed by atoms with Crippen molar-refractivity contribution in [2.75, 3.05) is 0 Å². The van der Waals surface area contributed by atoms with Crippen LogP contribution in [0.5, 0.6) is 0 Å². The lowest BCUT2D eigenvalue weighted by Crippen LogP contribution is -2.11. The maximum atomic E-state index is 12.4. The Hall–Kier alpha value is -0.240. The number of nitrogens with zero attached hydrogens (tertiary/aromatic N) is 1. The fourth-order valence-electron chi connectivity index (χ4n) is 0.991. The molecule has 0 fully saturated rings. The summed E-state index contributed by atoms with van der Waals surface area (Å²) in [6.07, 6.45) is -7.80. The molecular formula is C8H4Br2F5N. The van der Waals surface area contributed by atoms with Crippen molar-refractivity contribution in [3.8, 4) is 0 Å². The second-order valence-electron chi connectivity index (χ2n) is 2.80. The monoisotopic (exact) mass is 367 g/mol. The van der Waals surface area contributed by atoms with E-state index in [-0.39, 0.29) is 15.4 Å². The molecule has 0 amide bonds. The van der Waals surface area contributed by atoms with Crippen LogP contribution in [0, 0.1) is 0 Å². The first-order valence-electron chi connectivity index (χ1n) is 3.88. The second-order valence-corrected chi connectivity index (χ2v) is 4.15. The van der Waals surface area contributed by atoms with Crippen LogP contribution >= 0.6 is 31.9 Å². The SMILES string of the molecule is FC(F)c1nc(C(F)(F)F)cc(CBr)c1Br. The number of hydrogen-bond donors (Lipinski definition) is 0. The van der Waals surface area contributed by atoms with Crippen molar-refractivity contribution in [1.82, 2.24) is 4.98 Å². The van der Waals surface area contributed by atoms with E-state index in [1.54, 1.807) is 0 Å². The predicted octanol–water partition coefficient (Wildman–Crippen LogP) is 4.70. The molecule has 0 saturated carbocycles. The molecule has 0 aliphatic heterocycles. The van der Waals surface area contributed by atoms with Crippen molar-refractivity contribution in [3.05, 3.63) is 27.5 Å². The second kappa shape index (κ2) is 4.95. The Labute approximate surface area is 104 Å². The van der Waals surface area contributed by atoms with Gasteiger partial charge in [-0.05, 0) is 27.6 Å². The van der Waals surface area contributed by atoms with Gasteiger partial charge in [-0.25, -0.2) is 13.8 Å². The summed E-state index contributed by atoms with van der Waals surface area (Å²) in [5, 5.41) is 0.0267. The van der Waals surface area contributed by atoms with E-state index in [4.69, 9.17) is 0 Å². The molecular weight excluding hydrogens is 365 g/mol. The van der Waals surface area contributed by atoms with Crippen LogP contribution in [0.1, 0.15) is 23.4 Å². The van der Waals surface area contributed by atoms with Gasteiger partial charge in [0.05, 0.1) is 0 Å². The van der Waals surface area contributed by atoms with E-state index in [2.05, 4.69) is 36.8 Å². The topological polar surface area (TPSA) is 12.9 Å². The molecule has 0 aliphatic rings. The van der Waals surface area contributed by atoms with Crippen molar-refractivity contribution < 1.29 is 22.0 Å². The Balaban J connectivity index is 3.40. The Bertz CT molecular complexity index is 391. The number of alkyl halides is 6. The van der Waals surface area contributed by atoms with Gasteiger partial charge in [-0.3, -0.25) is 0 Å². The highest BCUT2D eigenvalue weighted by Gasteiger charge is 2.34. The molecule has 1 rings (SSSR count). The number of pyridine rings is 1. The summed E-state index contributed by atoms with van der Waals surface area (Å²) >= 11 is 5.73. The molecule has 1 heterocycles. The summed E-state index contributed by atoms with van der Waals surface area (Å²) in [6.45, 7) is 0. The molecule has 16 heavy (non-hydrogen) atoms. The standard InChI is InChI=1S/C8H4Br2F5N/c9-2-3-1-4(8(13,14)15)16-6(5(3)10)7(11)12/h1,7H,2H2. The molecule has 0 saturated heterocycles. The van der Waals surface area contributed by atoms with Crippen LogP contribution in [0.2, 0.25) is 0 Å². The predicted molar refractivity (Wildman–Crippen MR) is 54.5 cm³/mol. The quantitative estimate of drug-likeness (QED) is 0.545. The highest BCUT2D eigenvalue weighted by Crippen LogP contribution is 2.35. The number of halogens is 7. The van der Waals surface area contributed by atoms with E-state index >= 15 is 0 Å². The smallest absolute Gasteiger partial charge is 0.241 e. The van der Waals surface area contributed by atoms with Crippen LogP contribution < -0.4 is 0 Å². The van der Waals surface area contributed by atoms with Crippen LogP contribution in [0.4, 0.5) is 22.0 Å². The van der Waals surface area contributed by atoms with E-state index in [1.165, 1.54) is 0 Å². The zero-order valence-corrected chi connectivity index (χ0v) is 10.6. The molecule has 0 aromatic carbocycles. The first-order valence-corrected chi connectivity index (χ1v) is 5.79. The van der Waals surface area contributed by atoms with E-state index in [1.807, 2.05) is 0 Å². The molecule has 0 bridgehead atoms. The van der Waals surface area contributed by atoms with Gasteiger partial charge in [0.15, 0.2) is 0 Å². The highest BCUT2D eigenvalue weighted by atomic mass is 79.9. The maximum absolute atomic E-state index is 12.4. The van der Waals surface area contributed by atoms with Gasteiger partial charge in [-0.15, -0.1) is 0 Å². The van der Waals surface area contributed by atoms with Gasteiger partial charge in [-0.2, -0.15) is 13.2 Å². The lowest BCUT2D eigenvalue weighted by molar-refractivity contribution is -0.141. The molecule has 8 heteroatoms. The van der Waals surface area contributed by atoms with Gasteiger partial charge < -0.3 is 0 Å². The summed E-state index contributed by atoms with van der Waals surface area (Å²) in [6, 6.07) is 0.727. The van der Waals surface area contributed by atoms with E-state index in [0.717, 1.165) is 6.07 Å². The van der Waals surface area contributed by atoms with Crippen molar-refractivity contribution in [3.63, 3.8) is 0 Å². The van der Waals surface area contributed by atoms with Crippen molar-refractivity contribution in [1.29, 1.82) is 0 Å². The largest absolute Gasteiger partial charge is 0.433 e. The molecule has 0 N–H and O–H groups in total. The third kappa shape index (κ3) is 2.91. The van der Waals surface area contributed by atoms with Crippen LogP contribution in [0.3, 0.4) is 0 Å². The molecule has 1 aromatic heterocycles. The van der Waals surface area contributed by atoms with Crippen LogP contribution in [0.15, 0.2) is 10.5 Å². The zero-order valence-electron chi connectivity index (χ0n) is 7.45. The average Bonchev–Trinajstić information content (AvgIpc) is 2.15. The third-order valence-electron chi connectivity index (χ3n) is 1.70. The molecule has 90 valence electrons. The Morgan fingerprint density at radius 3 is 2.25 bits per heavy atom. The number of hydrogen-bond acceptors (Lipinski definition) is 1. The van der Waals surface area contributed by atoms with Crippen LogP contribution in [-0.4, -0.2) is 4.98 Å². The maximum Gasteiger partial charge on any atom is 0.433 e. The van der Waals surface area contributed by atoms with Crippen molar-refractivity contribution in [2.24, 2.45) is 0 Å². The Kier molecular flexibility index (Phi) is 4.28. The van der Waals surface area contributed by atoms with Gasteiger partial charge >= 0.3 is 6.18 Å². The minimum absolute atomic E-state index is 0.0267. The van der Waals surface area contributed by atoms with E-state index < -0.39 is 24.0 Å². The molecule has 0 spiro atoms. The fourth-order valence-corrected chi connectivity index (χ4v) is 2.33. The van der Waals surface area contributed by atoms with Crippen LogP contribution in [0.25, 0.3) is 0 Å². The van der Waals surface area contributed by atoms with Crippen LogP contribution in [-0.2, 0) is 11.5 Å². The Morgan fingerprint density at radius 1 is 1.31 bits per heavy atom. The fraction of sp³-hybridized carbons (Fsp3) is 0.375. The third-order valence-corrected chi connectivity index (χ3v) is 3.22. The first kappa shape index (κ1) is 13.8. The molecule has 1 aromatic rings. The number of aromatic nitrogens is 1. The zero-order chi connectivity index (χ0) is 12.5. The molecule has 0 unspecified atom stereocenters. The highest BCUT2D eigenvalue weighted by molar-refractivity contribution is 9.10. The lowest BCUT2D eigenvalue weighted by Gasteiger charge is -2.12. The van der Waals surface area contributed by atoms with E-state index in [9.17, 15) is 22.0 Å². The van der Waals surface area contributed by atoms with Gasteiger partial charge in [0.1, 0.15) is 11.4 Å². The van der Waals surface area contributed by atoms with Gasteiger partial charge in [-0.1, -0.05) is 15.9 Å². The summed E-state index contributed by atoms with van der Waals surface area (Å²) in [5.74, 6) is 0. The first-order chi connectivity index (χ1) is 7.27. The molecule has 0 atom stereocenters. The van der Waals surface area contributed by atoms with Crippen molar-refractivity contribution >= 4 is 31.9 Å². The minimum atomic E-state index is -4.73. The van der Waals surface area contributed by atoms with Gasteiger partial charge in [0.25, 0.3) is 6.43 Å². The normalized spacial score (nSPS) is 12.2. The van der Waals surface area contributed by atoms with Crippen molar-refractivity contribution in [2.45, 2.75) is 17.9 Å². The lowest BCUT2D eigenvalue weighted by atomic mass is 10.2. The van der Waals surface area contributed by atoms with Gasteiger partial charge in [0, 0.05) is 9.80 Å². The minimum Gasteiger partial charge on any atom is -0.241 e. The summed E-state index contributed by atoms with van der Waals surface area (Å²) < 4.78 is 61.8. The summed E-state index contributed by atoms with van der Waals surface area (Å²) in [5.41, 5.74) is -2.14. The van der Waals surface area contributed by atoms with E-state index in [0.29, 0.717) is 0 Å².